The van der Waals surface area contributed by atoms with Crippen LogP contribution in [-0.4, -0.2) is 0 Å². The van der Waals surface area contributed by atoms with E-state index >= 15 is 0 Å². The number of allylic oxidation sites excluding steroid dienone is 5. The van der Waals surface area contributed by atoms with Crippen molar-refractivity contribution in [1.29, 1.82) is 0 Å². The van der Waals surface area contributed by atoms with Crippen LogP contribution in [0.2, 0.25) is 0 Å². The zero-order valence-corrected chi connectivity index (χ0v) is 12.5. The lowest BCUT2D eigenvalue weighted by molar-refractivity contribution is 0.575. The molecule has 0 heterocycles. The Kier molecular flexibility index (Phi) is 7.08. The van der Waals surface area contributed by atoms with Crippen molar-refractivity contribution in [2.45, 2.75) is 65.7 Å². The fourth-order valence-electron chi connectivity index (χ4n) is 2.89. The number of rotatable bonds is 6. The summed E-state index contributed by atoms with van der Waals surface area (Å²) < 4.78 is 0. The fraction of sp³-hybridized carbons (Fsp3) is 0.667. The first-order chi connectivity index (χ1) is 8.69. The van der Waals surface area contributed by atoms with E-state index < -0.39 is 0 Å². The van der Waals surface area contributed by atoms with Gasteiger partial charge in [-0.25, -0.2) is 0 Å². The van der Waals surface area contributed by atoms with Crippen LogP contribution in [0, 0.1) is 11.8 Å². The van der Waals surface area contributed by atoms with Crippen molar-refractivity contribution in [3.8, 4) is 0 Å². The van der Waals surface area contributed by atoms with Crippen LogP contribution >= 0.6 is 0 Å². The minimum absolute atomic E-state index is 0.633. The van der Waals surface area contributed by atoms with Crippen molar-refractivity contribution < 1.29 is 0 Å². The van der Waals surface area contributed by atoms with E-state index in [2.05, 4.69) is 45.6 Å². The SMILES string of the molecule is C=CC(=CC(C)CCCC)C1CCCCC=C1C. The van der Waals surface area contributed by atoms with E-state index in [0.717, 1.165) is 0 Å². The van der Waals surface area contributed by atoms with Crippen LogP contribution < -0.4 is 0 Å². The Labute approximate surface area is 114 Å². The second kappa shape index (κ2) is 8.34. The molecule has 2 unspecified atom stereocenters. The zero-order chi connectivity index (χ0) is 13.4. The monoisotopic (exact) mass is 246 g/mol. The van der Waals surface area contributed by atoms with E-state index in [9.17, 15) is 0 Å². The van der Waals surface area contributed by atoms with Crippen molar-refractivity contribution >= 4 is 0 Å². The van der Waals surface area contributed by atoms with Gasteiger partial charge in [0.25, 0.3) is 0 Å². The summed E-state index contributed by atoms with van der Waals surface area (Å²) >= 11 is 0. The van der Waals surface area contributed by atoms with Crippen LogP contribution in [-0.2, 0) is 0 Å². The van der Waals surface area contributed by atoms with Crippen LogP contribution in [0.1, 0.15) is 65.7 Å². The van der Waals surface area contributed by atoms with Gasteiger partial charge < -0.3 is 0 Å². The van der Waals surface area contributed by atoms with Gasteiger partial charge in [-0.3, -0.25) is 0 Å². The molecule has 0 saturated heterocycles. The summed E-state index contributed by atoms with van der Waals surface area (Å²) in [5.74, 6) is 1.32. The first-order valence-electron chi connectivity index (χ1n) is 7.69. The van der Waals surface area contributed by atoms with Gasteiger partial charge in [-0.15, -0.1) is 0 Å². The smallest absolute Gasteiger partial charge is 0.00421 e. The highest BCUT2D eigenvalue weighted by Gasteiger charge is 2.16. The zero-order valence-electron chi connectivity index (χ0n) is 12.5. The van der Waals surface area contributed by atoms with Crippen molar-refractivity contribution in [1.82, 2.24) is 0 Å². The summed E-state index contributed by atoms with van der Waals surface area (Å²) in [5.41, 5.74) is 3.02. The van der Waals surface area contributed by atoms with E-state index in [1.165, 1.54) is 50.5 Å². The fourth-order valence-corrected chi connectivity index (χ4v) is 2.89. The Bertz CT molecular complexity index is 306. The molecule has 18 heavy (non-hydrogen) atoms. The molecule has 2 atom stereocenters. The van der Waals surface area contributed by atoms with Crippen molar-refractivity contribution in [3.63, 3.8) is 0 Å². The molecule has 0 bridgehead atoms. The predicted molar refractivity (Wildman–Crippen MR) is 82.7 cm³/mol. The first kappa shape index (κ1) is 15.3. The van der Waals surface area contributed by atoms with Gasteiger partial charge in [0.2, 0.25) is 0 Å². The van der Waals surface area contributed by atoms with Crippen molar-refractivity contribution in [2.24, 2.45) is 11.8 Å². The molecule has 1 aliphatic rings. The second-order valence-electron chi connectivity index (χ2n) is 5.78. The molecule has 0 aromatic rings. The third kappa shape index (κ3) is 4.84. The van der Waals surface area contributed by atoms with Gasteiger partial charge >= 0.3 is 0 Å². The third-order valence-corrected chi connectivity index (χ3v) is 4.09. The number of unbranched alkanes of at least 4 members (excludes halogenated alkanes) is 1. The molecule has 102 valence electrons. The number of hydrogen-bond acceptors (Lipinski definition) is 0. The molecule has 1 aliphatic carbocycles. The van der Waals surface area contributed by atoms with Gasteiger partial charge in [0.05, 0.1) is 0 Å². The quantitative estimate of drug-likeness (QED) is 0.394. The molecule has 0 amide bonds. The normalized spacial score (nSPS) is 23.2. The maximum Gasteiger partial charge on any atom is 0.00421 e. The average Bonchev–Trinajstić information content (AvgIpc) is 2.58. The van der Waals surface area contributed by atoms with Gasteiger partial charge in [-0.05, 0) is 44.1 Å². The summed E-state index contributed by atoms with van der Waals surface area (Å²) in [6.07, 6.45) is 16.2. The van der Waals surface area contributed by atoms with E-state index in [0.29, 0.717) is 11.8 Å². The van der Waals surface area contributed by atoms with E-state index in [1.54, 1.807) is 5.57 Å². The highest BCUT2D eigenvalue weighted by atomic mass is 14.2. The Morgan fingerprint density at radius 1 is 1.50 bits per heavy atom. The lowest BCUT2D eigenvalue weighted by Gasteiger charge is -2.19. The maximum atomic E-state index is 4.04. The molecule has 0 fully saturated rings. The molecule has 1 rings (SSSR count). The lowest BCUT2D eigenvalue weighted by atomic mass is 9.86. The molecule has 0 saturated carbocycles. The highest BCUT2D eigenvalue weighted by Crippen LogP contribution is 2.31. The molecule has 0 aromatic heterocycles. The largest absolute Gasteiger partial charge is 0.0988 e. The van der Waals surface area contributed by atoms with Crippen LogP contribution in [0.4, 0.5) is 0 Å². The standard InChI is InChI=1S/C18H30/c1-5-7-11-15(3)14-17(6-2)18-13-10-8-9-12-16(18)4/h6,12,14-15,18H,2,5,7-11,13H2,1,3-4H3. The third-order valence-electron chi connectivity index (χ3n) is 4.09. The van der Waals surface area contributed by atoms with Crippen LogP contribution in [0.15, 0.2) is 36.0 Å². The van der Waals surface area contributed by atoms with Crippen LogP contribution in [0.25, 0.3) is 0 Å². The Hall–Kier alpha value is -0.780. The lowest BCUT2D eigenvalue weighted by Crippen LogP contribution is -2.05. The van der Waals surface area contributed by atoms with Gasteiger partial charge in [0, 0.05) is 5.92 Å². The van der Waals surface area contributed by atoms with Gasteiger partial charge in [-0.1, -0.05) is 63.5 Å². The minimum atomic E-state index is 0.633. The molecule has 0 spiro atoms. The van der Waals surface area contributed by atoms with Crippen molar-refractivity contribution in [2.75, 3.05) is 0 Å². The molecule has 0 aromatic carbocycles. The molecule has 0 heteroatoms. The Morgan fingerprint density at radius 2 is 2.28 bits per heavy atom. The van der Waals surface area contributed by atoms with Crippen molar-refractivity contribution in [3.05, 3.63) is 36.0 Å². The van der Waals surface area contributed by atoms with Crippen LogP contribution in [0.3, 0.4) is 0 Å². The molecule has 0 radical (unpaired) electrons. The van der Waals surface area contributed by atoms with E-state index in [4.69, 9.17) is 0 Å². The van der Waals surface area contributed by atoms with E-state index in [-0.39, 0.29) is 0 Å². The van der Waals surface area contributed by atoms with Gasteiger partial charge in [0.1, 0.15) is 0 Å². The maximum absolute atomic E-state index is 4.04. The molecular formula is C18H30. The summed E-state index contributed by atoms with van der Waals surface area (Å²) in [6, 6.07) is 0. The molecule has 0 nitrogen and oxygen atoms in total. The Balaban J connectivity index is 2.74. The van der Waals surface area contributed by atoms with Gasteiger partial charge in [-0.2, -0.15) is 0 Å². The second-order valence-corrected chi connectivity index (χ2v) is 5.78. The molecule has 0 N–H and O–H groups in total. The summed E-state index contributed by atoms with van der Waals surface area (Å²) in [5, 5.41) is 0. The first-order valence-corrected chi connectivity index (χ1v) is 7.69. The van der Waals surface area contributed by atoms with Crippen LogP contribution in [0.5, 0.6) is 0 Å². The highest BCUT2D eigenvalue weighted by molar-refractivity contribution is 5.29. The minimum Gasteiger partial charge on any atom is -0.0988 e. The summed E-state index contributed by atoms with van der Waals surface area (Å²) in [6.45, 7) is 10.9. The molecular weight excluding hydrogens is 216 g/mol. The average molecular weight is 246 g/mol. The summed E-state index contributed by atoms with van der Waals surface area (Å²) in [7, 11) is 0. The summed E-state index contributed by atoms with van der Waals surface area (Å²) in [4.78, 5) is 0. The van der Waals surface area contributed by atoms with E-state index in [1.807, 2.05) is 0 Å². The Morgan fingerprint density at radius 3 is 2.94 bits per heavy atom. The number of hydrogen-bond donors (Lipinski definition) is 0. The predicted octanol–water partition coefficient (Wildman–Crippen LogP) is 6.06. The topological polar surface area (TPSA) is 0 Å². The molecule has 0 aliphatic heterocycles. The van der Waals surface area contributed by atoms with Gasteiger partial charge in [0.15, 0.2) is 0 Å².